The van der Waals surface area contributed by atoms with Crippen LogP contribution in [-0.2, 0) is 6.54 Å². The average Bonchev–Trinajstić information content (AvgIpc) is 2.39. The third kappa shape index (κ3) is 3.09. The SMILES string of the molecule is CCNCc1nn(-c2ccc(C)cc2)c(C)cc1=O. The molecule has 0 radical (unpaired) electrons. The highest BCUT2D eigenvalue weighted by atomic mass is 16.1. The summed E-state index contributed by atoms with van der Waals surface area (Å²) in [4.78, 5) is 11.9. The van der Waals surface area contributed by atoms with Crippen molar-refractivity contribution in [2.75, 3.05) is 6.54 Å². The van der Waals surface area contributed by atoms with Crippen LogP contribution in [0.2, 0.25) is 0 Å². The van der Waals surface area contributed by atoms with E-state index in [1.54, 1.807) is 6.07 Å². The fourth-order valence-electron chi connectivity index (χ4n) is 1.90. The molecule has 1 aromatic heterocycles. The molecule has 1 aromatic carbocycles. The lowest BCUT2D eigenvalue weighted by Gasteiger charge is -2.11. The van der Waals surface area contributed by atoms with Gasteiger partial charge in [0.1, 0.15) is 5.69 Å². The van der Waals surface area contributed by atoms with Gasteiger partial charge in [-0.3, -0.25) is 4.79 Å². The van der Waals surface area contributed by atoms with Crippen molar-refractivity contribution in [2.45, 2.75) is 27.3 Å². The van der Waals surface area contributed by atoms with Crippen LogP contribution >= 0.6 is 0 Å². The van der Waals surface area contributed by atoms with E-state index in [-0.39, 0.29) is 5.43 Å². The maximum Gasteiger partial charge on any atom is 0.204 e. The second-order valence-corrected chi connectivity index (χ2v) is 4.62. The normalized spacial score (nSPS) is 10.7. The Morgan fingerprint density at radius 3 is 2.53 bits per heavy atom. The second-order valence-electron chi connectivity index (χ2n) is 4.62. The summed E-state index contributed by atoms with van der Waals surface area (Å²) < 4.78 is 1.81. The van der Waals surface area contributed by atoms with E-state index in [0.29, 0.717) is 12.2 Å². The maximum atomic E-state index is 11.9. The highest BCUT2D eigenvalue weighted by Crippen LogP contribution is 2.10. The molecule has 0 aliphatic rings. The molecule has 2 aromatic rings. The molecular weight excluding hydrogens is 238 g/mol. The van der Waals surface area contributed by atoms with Gasteiger partial charge in [-0.15, -0.1) is 0 Å². The molecule has 100 valence electrons. The molecule has 2 rings (SSSR count). The van der Waals surface area contributed by atoms with Gasteiger partial charge in [0.15, 0.2) is 0 Å². The number of aryl methyl sites for hydroxylation is 2. The van der Waals surface area contributed by atoms with Crippen LogP contribution in [0.1, 0.15) is 23.9 Å². The second kappa shape index (κ2) is 5.80. The Labute approximate surface area is 113 Å². The highest BCUT2D eigenvalue weighted by molar-refractivity contribution is 5.35. The summed E-state index contributed by atoms with van der Waals surface area (Å²) in [5.74, 6) is 0. The standard InChI is InChI=1S/C15H19N3O/c1-4-16-10-14-15(19)9-12(3)18(17-14)13-7-5-11(2)6-8-13/h5-9,16H,4,10H2,1-3H3. The van der Waals surface area contributed by atoms with Gasteiger partial charge in [-0.25, -0.2) is 4.68 Å². The molecule has 0 fully saturated rings. The van der Waals surface area contributed by atoms with E-state index in [0.717, 1.165) is 17.9 Å². The molecular formula is C15H19N3O. The Balaban J connectivity index is 2.45. The van der Waals surface area contributed by atoms with Gasteiger partial charge in [-0.05, 0) is 32.5 Å². The Hall–Kier alpha value is -1.94. The zero-order chi connectivity index (χ0) is 13.8. The van der Waals surface area contributed by atoms with Crippen molar-refractivity contribution in [3.8, 4) is 5.69 Å². The zero-order valence-corrected chi connectivity index (χ0v) is 11.6. The van der Waals surface area contributed by atoms with Crippen molar-refractivity contribution >= 4 is 0 Å². The lowest BCUT2D eigenvalue weighted by Crippen LogP contribution is -2.24. The highest BCUT2D eigenvalue weighted by Gasteiger charge is 2.06. The van der Waals surface area contributed by atoms with E-state index in [9.17, 15) is 4.79 Å². The van der Waals surface area contributed by atoms with Crippen LogP contribution in [0.15, 0.2) is 35.1 Å². The Bertz CT molecular complexity index is 614. The van der Waals surface area contributed by atoms with Crippen molar-refractivity contribution in [3.63, 3.8) is 0 Å². The van der Waals surface area contributed by atoms with E-state index in [2.05, 4.69) is 10.4 Å². The van der Waals surface area contributed by atoms with Crippen LogP contribution in [0.3, 0.4) is 0 Å². The monoisotopic (exact) mass is 257 g/mol. The third-order valence-electron chi connectivity index (χ3n) is 3.00. The number of benzene rings is 1. The summed E-state index contributed by atoms with van der Waals surface area (Å²) in [7, 11) is 0. The van der Waals surface area contributed by atoms with Crippen LogP contribution in [0.5, 0.6) is 0 Å². The van der Waals surface area contributed by atoms with E-state index >= 15 is 0 Å². The Morgan fingerprint density at radius 2 is 1.89 bits per heavy atom. The predicted octanol–water partition coefficient (Wildman–Crippen LogP) is 1.96. The van der Waals surface area contributed by atoms with Gasteiger partial charge in [-0.1, -0.05) is 24.6 Å². The number of hydrogen-bond acceptors (Lipinski definition) is 3. The average molecular weight is 257 g/mol. The molecule has 4 nitrogen and oxygen atoms in total. The summed E-state index contributed by atoms with van der Waals surface area (Å²) in [6.07, 6.45) is 0. The Morgan fingerprint density at radius 1 is 1.21 bits per heavy atom. The lowest BCUT2D eigenvalue weighted by molar-refractivity contribution is 0.666. The first kappa shape index (κ1) is 13.5. The van der Waals surface area contributed by atoms with Crippen LogP contribution in [-0.4, -0.2) is 16.3 Å². The summed E-state index contributed by atoms with van der Waals surface area (Å²) in [5.41, 5.74) is 3.56. The molecule has 0 unspecified atom stereocenters. The van der Waals surface area contributed by atoms with E-state index in [1.165, 1.54) is 5.56 Å². The van der Waals surface area contributed by atoms with Gasteiger partial charge in [0, 0.05) is 18.3 Å². The largest absolute Gasteiger partial charge is 0.311 e. The number of aromatic nitrogens is 2. The fraction of sp³-hybridized carbons (Fsp3) is 0.333. The fourth-order valence-corrected chi connectivity index (χ4v) is 1.90. The van der Waals surface area contributed by atoms with E-state index in [4.69, 9.17) is 0 Å². The van der Waals surface area contributed by atoms with Gasteiger partial charge in [-0.2, -0.15) is 5.10 Å². The zero-order valence-electron chi connectivity index (χ0n) is 11.6. The molecule has 1 heterocycles. The summed E-state index contributed by atoms with van der Waals surface area (Å²) in [6, 6.07) is 9.74. The van der Waals surface area contributed by atoms with Crippen molar-refractivity contribution < 1.29 is 0 Å². The van der Waals surface area contributed by atoms with Crippen molar-refractivity contribution in [1.29, 1.82) is 0 Å². The van der Waals surface area contributed by atoms with Gasteiger partial charge >= 0.3 is 0 Å². The molecule has 1 N–H and O–H groups in total. The predicted molar refractivity (Wildman–Crippen MR) is 76.7 cm³/mol. The number of rotatable bonds is 4. The van der Waals surface area contributed by atoms with Gasteiger partial charge in [0.25, 0.3) is 0 Å². The first-order valence-electron chi connectivity index (χ1n) is 6.49. The van der Waals surface area contributed by atoms with Gasteiger partial charge in [0.05, 0.1) is 5.69 Å². The molecule has 0 saturated carbocycles. The van der Waals surface area contributed by atoms with Crippen molar-refractivity contribution in [1.82, 2.24) is 15.1 Å². The molecule has 0 aliphatic heterocycles. The molecule has 4 heteroatoms. The van der Waals surface area contributed by atoms with Crippen LogP contribution in [0, 0.1) is 13.8 Å². The molecule has 0 amide bonds. The van der Waals surface area contributed by atoms with Crippen molar-refractivity contribution in [2.24, 2.45) is 0 Å². The Kier molecular flexibility index (Phi) is 4.12. The van der Waals surface area contributed by atoms with Crippen LogP contribution in [0.4, 0.5) is 0 Å². The van der Waals surface area contributed by atoms with Gasteiger partial charge < -0.3 is 5.32 Å². The first-order valence-corrected chi connectivity index (χ1v) is 6.49. The van der Waals surface area contributed by atoms with Crippen LogP contribution < -0.4 is 10.7 Å². The third-order valence-corrected chi connectivity index (χ3v) is 3.00. The molecule has 0 saturated heterocycles. The molecule has 0 spiro atoms. The van der Waals surface area contributed by atoms with Crippen molar-refractivity contribution in [3.05, 3.63) is 57.5 Å². The van der Waals surface area contributed by atoms with Crippen LogP contribution in [0.25, 0.3) is 5.69 Å². The smallest absolute Gasteiger partial charge is 0.204 e. The molecule has 19 heavy (non-hydrogen) atoms. The topological polar surface area (TPSA) is 46.9 Å². The van der Waals surface area contributed by atoms with Gasteiger partial charge in [0.2, 0.25) is 5.43 Å². The quantitative estimate of drug-likeness (QED) is 0.910. The maximum absolute atomic E-state index is 11.9. The number of nitrogens with one attached hydrogen (secondary N) is 1. The first-order chi connectivity index (χ1) is 9.11. The van der Waals surface area contributed by atoms with E-state index in [1.807, 2.05) is 49.7 Å². The van der Waals surface area contributed by atoms with E-state index < -0.39 is 0 Å². The molecule has 0 bridgehead atoms. The molecule has 0 aliphatic carbocycles. The summed E-state index contributed by atoms with van der Waals surface area (Å²) in [5, 5.41) is 7.59. The minimum Gasteiger partial charge on any atom is -0.311 e. The lowest BCUT2D eigenvalue weighted by atomic mass is 10.2. The number of nitrogens with zero attached hydrogens (tertiary/aromatic N) is 2. The number of hydrogen-bond donors (Lipinski definition) is 1. The molecule has 0 atom stereocenters. The summed E-state index contributed by atoms with van der Waals surface area (Å²) >= 11 is 0. The minimum absolute atomic E-state index is 0.0122. The summed E-state index contributed by atoms with van der Waals surface area (Å²) in [6.45, 7) is 7.27. The minimum atomic E-state index is -0.0122.